The number of allylic oxidation sites excluding steroid dienone is 3. The van der Waals surface area contributed by atoms with Crippen molar-refractivity contribution in [2.24, 2.45) is 11.8 Å². The molecule has 4 unspecified atom stereocenters. The molecule has 0 aromatic rings. The zero-order valence-corrected chi connectivity index (χ0v) is 8.17. The largest absolute Gasteiger partial charge is 0.478 e. The molecule has 1 aliphatic heterocycles. The third-order valence-electron chi connectivity index (χ3n) is 3.47. The van der Waals surface area contributed by atoms with Crippen LogP contribution in [0.15, 0.2) is 36.0 Å². The zero-order valence-electron chi connectivity index (χ0n) is 8.17. The van der Waals surface area contributed by atoms with Crippen molar-refractivity contribution >= 4 is 5.97 Å². The van der Waals surface area contributed by atoms with Crippen LogP contribution in [-0.4, -0.2) is 23.3 Å². The second-order valence-corrected chi connectivity index (χ2v) is 4.24. The molecule has 15 heavy (non-hydrogen) atoms. The quantitative estimate of drug-likeness (QED) is 0.659. The van der Waals surface area contributed by atoms with E-state index >= 15 is 0 Å². The van der Waals surface area contributed by atoms with Gasteiger partial charge in [-0.1, -0.05) is 24.3 Å². The molecule has 0 aromatic carbocycles. The van der Waals surface area contributed by atoms with Gasteiger partial charge in [-0.15, -0.1) is 0 Å². The predicted octanol–water partition coefficient (Wildman–Crippen LogP) is 1.53. The number of fused-ring (bicyclic) bond motifs is 3. The van der Waals surface area contributed by atoms with Gasteiger partial charge in [0.2, 0.25) is 0 Å². The molecule has 1 N–H and O–H groups in total. The minimum atomic E-state index is -0.863. The Morgan fingerprint density at radius 1 is 1.47 bits per heavy atom. The van der Waals surface area contributed by atoms with E-state index in [-0.39, 0.29) is 18.1 Å². The van der Waals surface area contributed by atoms with Crippen molar-refractivity contribution in [3.63, 3.8) is 0 Å². The summed E-state index contributed by atoms with van der Waals surface area (Å²) in [5, 5.41) is 9.05. The van der Waals surface area contributed by atoms with Crippen LogP contribution >= 0.6 is 0 Å². The molecule has 3 heteroatoms. The fourth-order valence-electron chi connectivity index (χ4n) is 2.75. The van der Waals surface area contributed by atoms with Crippen LogP contribution in [0.4, 0.5) is 0 Å². The third-order valence-corrected chi connectivity index (χ3v) is 3.47. The highest BCUT2D eigenvalue weighted by Gasteiger charge is 2.46. The van der Waals surface area contributed by atoms with Crippen molar-refractivity contribution in [2.45, 2.75) is 18.6 Å². The van der Waals surface area contributed by atoms with Crippen LogP contribution in [0.2, 0.25) is 0 Å². The highest BCUT2D eigenvalue weighted by atomic mass is 16.5. The van der Waals surface area contributed by atoms with Crippen LogP contribution in [0.5, 0.6) is 0 Å². The first-order valence-corrected chi connectivity index (χ1v) is 5.21. The van der Waals surface area contributed by atoms with Crippen LogP contribution in [-0.2, 0) is 9.53 Å². The number of rotatable bonds is 1. The first-order chi connectivity index (χ1) is 7.27. The molecule has 4 atom stereocenters. The van der Waals surface area contributed by atoms with Crippen molar-refractivity contribution < 1.29 is 14.6 Å². The van der Waals surface area contributed by atoms with Crippen molar-refractivity contribution in [2.75, 3.05) is 0 Å². The summed E-state index contributed by atoms with van der Waals surface area (Å²) in [7, 11) is 0. The Labute approximate surface area is 87.7 Å². The van der Waals surface area contributed by atoms with Gasteiger partial charge in [0.1, 0.15) is 0 Å². The van der Waals surface area contributed by atoms with Gasteiger partial charge < -0.3 is 9.84 Å². The molecule has 0 amide bonds. The van der Waals surface area contributed by atoms with E-state index < -0.39 is 5.97 Å². The fourth-order valence-corrected chi connectivity index (χ4v) is 2.75. The van der Waals surface area contributed by atoms with Gasteiger partial charge in [-0.3, -0.25) is 0 Å². The average Bonchev–Trinajstić information content (AvgIpc) is 2.75. The molecular formula is C12H12O3. The molecule has 0 radical (unpaired) electrons. The molecule has 1 fully saturated rings. The van der Waals surface area contributed by atoms with Gasteiger partial charge in [0.15, 0.2) is 0 Å². The van der Waals surface area contributed by atoms with Crippen LogP contribution in [0, 0.1) is 11.8 Å². The molecule has 0 aromatic heterocycles. The Morgan fingerprint density at radius 2 is 2.33 bits per heavy atom. The van der Waals surface area contributed by atoms with Gasteiger partial charge >= 0.3 is 5.97 Å². The first-order valence-electron chi connectivity index (χ1n) is 5.21. The molecule has 3 nitrogen and oxygen atoms in total. The lowest BCUT2D eigenvalue weighted by Gasteiger charge is -2.21. The van der Waals surface area contributed by atoms with E-state index in [9.17, 15) is 4.79 Å². The Morgan fingerprint density at radius 3 is 3.13 bits per heavy atom. The van der Waals surface area contributed by atoms with Crippen LogP contribution in [0.1, 0.15) is 6.42 Å². The fraction of sp³-hybridized carbons (Fsp3) is 0.417. The van der Waals surface area contributed by atoms with E-state index in [1.807, 2.05) is 6.08 Å². The van der Waals surface area contributed by atoms with Crippen LogP contribution in [0.25, 0.3) is 0 Å². The summed E-state index contributed by atoms with van der Waals surface area (Å²) < 4.78 is 5.78. The number of carboxylic acids is 1. The Kier molecular flexibility index (Phi) is 1.83. The maximum Gasteiger partial charge on any atom is 0.334 e. The number of carbonyl (C=O) groups is 1. The monoisotopic (exact) mass is 204 g/mol. The summed E-state index contributed by atoms with van der Waals surface area (Å²) in [4.78, 5) is 11.0. The maximum absolute atomic E-state index is 11.0. The number of carboxylic acid groups (broad SMARTS) is 1. The molecule has 3 aliphatic rings. The Hall–Kier alpha value is -1.35. The number of aliphatic carboxylic acids is 1. The zero-order chi connectivity index (χ0) is 10.4. The van der Waals surface area contributed by atoms with Crippen molar-refractivity contribution in [3.8, 4) is 0 Å². The molecular weight excluding hydrogens is 192 g/mol. The summed E-state index contributed by atoms with van der Waals surface area (Å²) >= 11 is 0. The van der Waals surface area contributed by atoms with Gasteiger partial charge in [-0.2, -0.15) is 0 Å². The van der Waals surface area contributed by atoms with E-state index in [2.05, 4.69) is 18.2 Å². The molecule has 78 valence electrons. The summed E-state index contributed by atoms with van der Waals surface area (Å²) in [6.07, 6.45) is 10.6. The van der Waals surface area contributed by atoms with E-state index in [0.717, 1.165) is 6.42 Å². The van der Waals surface area contributed by atoms with Gasteiger partial charge in [-0.05, 0) is 12.5 Å². The molecule has 0 saturated carbocycles. The first kappa shape index (κ1) is 8.92. The number of hydrogen-bond acceptors (Lipinski definition) is 2. The smallest absolute Gasteiger partial charge is 0.334 e. The average molecular weight is 204 g/mol. The lowest BCUT2D eigenvalue weighted by molar-refractivity contribution is -0.134. The Bertz CT molecular complexity index is 392. The van der Waals surface area contributed by atoms with Crippen molar-refractivity contribution in [3.05, 3.63) is 36.0 Å². The summed E-state index contributed by atoms with van der Waals surface area (Å²) in [6, 6.07) is 0. The van der Waals surface area contributed by atoms with Crippen LogP contribution in [0.3, 0.4) is 0 Å². The van der Waals surface area contributed by atoms with Crippen molar-refractivity contribution in [1.29, 1.82) is 0 Å². The van der Waals surface area contributed by atoms with Gasteiger partial charge in [-0.25, -0.2) is 4.79 Å². The van der Waals surface area contributed by atoms with E-state index in [1.165, 1.54) is 0 Å². The second-order valence-electron chi connectivity index (χ2n) is 4.24. The van der Waals surface area contributed by atoms with Crippen LogP contribution < -0.4 is 0 Å². The lowest BCUT2D eigenvalue weighted by atomic mass is 9.82. The van der Waals surface area contributed by atoms with E-state index in [4.69, 9.17) is 9.84 Å². The number of hydrogen-bond donors (Lipinski definition) is 1. The third kappa shape index (κ3) is 1.20. The maximum atomic E-state index is 11.0. The molecule has 2 aliphatic carbocycles. The molecule has 0 spiro atoms. The minimum absolute atomic E-state index is 0.116. The second kappa shape index (κ2) is 3.07. The summed E-state index contributed by atoms with van der Waals surface area (Å²) in [5.41, 5.74) is 0.394. The highest BCUT2D eigenvalue weighted by Crippen LogP contribution is 2.44. The number of ether oxygens (including phenoxy) is 1. The minimum Gasteiger partial charge on any atom is -0.478 e. The molecule has 1 heterocycles. The topological polar surface area (TPSA) is 46.5 Å². The van der Waals surface area contributed by atoms with Gasteiger partial charge in [0.25, 0.3) is 0 Å². The SMILES string of the molecule is O=C(O)C1=CC=CC2C1OC1C=CCC12. The van der Waals surface area contributed by atoms with Gasteiger partial charge in [0, 0.05) is 11.8 Å². The summed E-state index contributed by atoms with van der Waals surface area (Å²) in [5.74, 6) is -0.186. The molecule has 1 saturated heterocycles. The van der Waals surface area contributed by atoms with E-state index in [0.29, 0.717) is 11.5 Å². The molecule has 3 rings (SSSR count). The lowest BCUT2D eigenvalue weighted by Crippen LogP contribution is -2.26. The van der Waals surface area contributed by atoms with Crippen molar-refractivity contribution in [1.82, 2.24) is 0 Å². The van der Waals surface area contributed by atoms with Gasteiger partial charge in [0.05, 0.1) is 17.8 Å². The predicted molar refractivity (Wildman–Crippen MR) is 54.3 cm³/mol. The van der Waals surface area contributed by atoms with E-state index in [1.54, 1.807) is 6.08 Å². The summed E-state index contributed by atoms with van der Waals surface area (Å²) in [6.45, 7) is 0. The standard InChI is InChI=1S/C12H12O3/c13-12(14)9-5-1-4-8-7-3-2-6-10(7)15-11(8)9/h1-2,4-8,10-11H,3H2,(H,13,14). The molecule has 0 bridgehead atoms. The normalized spacial score (nSPS) is 41.2. The highest BCUT2D eigenvalue weighted by molar-refractivity contribution is 5.88. The Balaban J connectivity index is 1.94.